The predicted molar refractivity (Wildman–Crippen MR) is 101 cm³/mol. The standard InChI is InChI=1S/C20H41NO3/c1-2-3-4-5-6-7-11-14-19-24-20(23)15-12-9-8-10-13-16-21-17-18-22/h21-22H,2-19H2,1H3. The highest BCUT2D eigenvalue weighted by Gasteiger charge is 2.02. The highest BCUT2D eigenvalue weighted by Crippen LogP contribution is 2.09. The van der Waals surface area contributed by atoms with Gasteiger partial charge >= 0.3 is 5.97 Å². The van der Waals surface area contributed by atoms with E-state index in [-0.39, 0.29) is 12.6 Å². The highest BCUT2D eigenvalue weighted by molar-refractivity contribution is 5.69. The van der Waals surface area contributed by atoms with E-state index in [1.54, 1.807) is 0 Å². The van der Waals surface area contributed by atoms with Gasteiger partial charge in [-0.25, -0.2) is 0 Å². The van der Waals surface area contributed by atoms with Crippen LogP contribution in [0.5, 0.6) is 0 Å². The Kier molecular flexibility index (Phi) is 19.9. The molecule has 4 nitrogen and oxygen atoms in total. The Morgan fingerprint density at radius 1 is 0.792 bits per heavy atom. The van der Waals surface area contributed by atoms with E-state index in [9.17, 15) is 4.79 Å². The van der Waals surface area contributed by atoms with Crippen LogP contribution in [0.3, 0.4) is 0 Å². The van der Waals surface area contributed by atoms with Crippen LogP contribution < -0.4 is 5.32 Å². The zero-order valence-corrected chi connectivity index (χ0v) is 16.0. The fraction of sp³-hybridized carbons (Fsp3) is 0.950. The summed E-state index contributed by atoms with van der Waals surface area (Å²) in [6, 6.07) is 0. The second-order valence-corrected chi connectivity index (χ2v) is 6.69. The van der Waals surface area contributed by atoms with Crippen molar-refractivity contribution >= 4 is 5.97 Å². The van der Waals surface area contributed by atoms with Gasteiger partial charge < -0.3 is 15.2 Å². The van der Waals surface area contributed by atoms with Crippen LogP contribution in [0.1, 0.15) is 96.8 Å². The van der Waals surface area contributed by atoms with Crippen LogP contribution >= 0.6 is 0 Å². The zero-order chi connectivity index (χ0) is 17.7. The summed E-state index contributed by atoms with van der Waals surface area (Å²) >= 11 is 0. The van der Waals surface area contributed by atoms with Crippen LogP contribution in [0.2, 0.25) is 0 Å². The van der Waals surface area contributed by atoms with Crippen LogP contribution in [0.25, 0.3) is 0 Å². The molecule has 0 aliphatic carbocycles. The number of esters is 1. The van der Waals surface area contributed by atoms with Crippen molar-refractivity contribution in [1.82, 2.24) is 5.32 Å². The van der Waals surface area contributed by atoms with Crippen molar-refractivity contribution in [2.75, 3.05) is 26.3 Å². The summed E-state index contributed by atoms with van der Waals surface area (Å²) in [4.78, 5) is 11.6. The number of rotatable bonds is 19. The summed E-state index contributed by atoms with van der Waals surface area (Å²) in [6.07, 6.45) is 16.3. The monoisotopic (exact) mass is 343 g/mol. The number of carbonyl (C=O) groups excluding carboxylic acids is 1. The molecule has 144 valence electrons. The molecule has 0 unspecified atom stereocenters. The first-order valence-corrected chi connectivity index (χ1v) is 10.3. The number of hydrogen-bond acceptors (Lipinski definition) is 4. The molecule has 0 aromatic carbocycles. The van der Waals surface area contributed by atoms with Gasteiger partial charge in [0.2, 0.25) is 0 Å². The Labute approximate surface area is 149 Å². The third-order valence-corrected chi connectivity index (χ3v) is 4.28. The molecule has 0 saturated carbocycles. The van der Waals surface area contributed by atoms with Gasteiger partial charge in [-0.05, 0) is 25.8 Å². The quantitative estimate of drug-likeness (QED) is 0.266. The van der Waals surface area contributed by atoms with Crippen LogP contribution in [-0.2, 0) is 9.53 Å². The van der Waals surface area contributed by atoms with Crippen LogP contribution in [-0.4, -0.2) is 37.4 Å². The van der Waals surface area contributed by atoms with Crippen molar-refractivity contribution in [3.63, 3.8) is 0 Å². The summed E-state index contributed by atoms with van der Waals surface area (Å²) in [5.41, 5.74) is 0. The van der Waals surface area contributed by atoms with E-state index in [1.807, 2.05) is 0 Å². The van der Waals surface area contributed by atoms with Crippen molar-refractivity contribution in [3.8, 4) is 0 Å². The molecule has 0 saturated heterocycles. The molecule has 0 fully saturated rings. The molecule has 0 atom stereocenters. The molecule has 0 heterocycles. The van der Waals surface area contributed by atoms with Gasteiger partial charge in [-0.2, -0.15) is 0 Å². The molecule has 0 aliphatic heterocycles. The van der Waals surface area contributed by atoms with Crippen LogP contribution in [0, 0.1) is 0 Å². The van der Waals surface area contributed by atoms with E-state index in [1.165, 1.54) is 57.8 Å². The van der Waals surface area contributed by atoms with Crippen molar-refractivity contribution in [1.29, 1.82) is 0 Å². The molecular formula is C20H41NO3. The van der Waals surface area contributed by atoms with Gasteiger partial charge in [0.1, 0.15) is 0 Å². The fourth-order valence-electron chi connectivity index (χ4n) is 2.75. The lowest BCUT2D eigenvalue weighted by Crippen LogP contribution is -2.19. The van der Waals surface area contributed by atoms with Crippen molar-refractivity contribution in [2.24, 2.45) is 0 Å². The molecule has 0 aromatic heterocycles. The molecule has 4 heteroatoms. The molecule has 0 aromatic rings. The molecule has 24 heavy (non-hydrogen) atoms. The molecular weight excluding hydrogens is 302 g/mol. The predicted octanol–water partition coefficient (Wildman–Crippen LogP) is 4.59. The first-order chi connectivity index (χ1) is 11.8. The number of carbonyl (C=O) groups is 1. The van der Waals surface area contributed by atoms with Crippen molar-refractivity contribution in [2.45, 2.75) is 96.8 Å². The average Bonchev–Trinajstić information content (AvgIpc) is 2.59. The Morgan fingerprint density at radius 2 is 1.38 bits per heavy atom. The summed E-state index contributed by atoms with van der Waals surface area (Å²) < 4.78 is 5.29. The summed E-state index contributed by atoms with van der Waals surface area (Å²) in [5, 5.41) is 11.8. The summed E-state index contributed by atoms with van der Waals surface area (Å²) in [6.45, 7) is 4.71. The largest absolute Gasteiger partial charge is 0.466 e. The summed E-state index contributed by atoms with van der Waals surface area (Å²) in [5.74, 6) is -0.0254. The SMILES string of the molecule is CCCCCCCCCCOC(=O)CCCCCCCNCCO. The Morgan fingerprint density at radius 3 is 2.04 bits per heavy atom. The molecule has 0 bridgehead atoms. The Hall–Kier alpha value is -0.610. The molecule has 0 rings (SSSR count). The van der Waals surface area contributed by atoms with Gasteiger partial charge in [0.15, 0.2) is 0 Å². The lowest BCUT2D eigenvalue weighted by Gasteiger charge is -2.05. The van der Waals surface area contributed by atoms with Gasteiger partial charge in [0.25, 0.3) is 0 Å². The van der Waals surface area contributed by atoms with E-state index < -0.39 is 0 Å². The minimum absolute atomic E-state index is 0.0254. The van der Waals surface area contributed by atoms with Crippen molar-refractivity contribution in [3.05, 3.63) is 0 Å². The second kappa shape index (κ2) is 20.4. The minimum Gasteiger partial charge on any atom is -0.466 e. The van der Waals surface area contributed by atoms with E-state index in [0.717, 1.165) is 32.2 Å². The van der Waals surface area contributed by atoms with E-state index >= 15 is 0 Å². The maximum atomic E-state index is 11.6. The van der Waals surface area contributed by atoms with E-state index in [4.69, 9.17) is 9.84 Å². The maximum Gasteiger partial charge on any atom is 0.305 e. The van der Waals surface area contributed by atoms with Crippen LogP contribution in [0.4, 0.5) is 0 Å². The second-order valence-electron chi connectivity index (χ2n) is 6.69. The molecule has 0 amide bonds. The molecule has 0 aliphatic rings. The van der Waals surface area contributed by atoms with Gasteiger partial charge in [0.05, 0.1) is 13.2 Å². The number of aliphatic hydroxyl groups is 1. The lowest BCUT2D eigenvalue weighted by atomic mass is 10.1. The lowest BCUT2D eigenvalue weighted by molar-refractivity contribution is -0.143. The Bertz CT molecular complexity index is 235. The van der Waals surface area contributed by atoms with E-state index in [0.29, 0.717) is 19.6 Å². The zero-order valence-electron chi connectivity index (χ0n) is 16.0. The van der Waals surface area contributed by atoms with Gasteiger partial charge in [-0.15, -0.1) is 0 Å². The van der Waals surface area contributed by atoms with Crippen LogP contribution in [0.15, 0.2) is 0 Å². The first kappa shape index (κ1) is 23.4. The topological polar surface area (TPSA) is 58.6 Å². The smallest absolute Gasteiger partial charge is 0.305 e. The third-order valence-electron chi connectivity index (χ3n) is 4.28. The summed E-state index contributed by atoms with van der Waals surface area (Å²) in [7, 11) is 0. The molecule has 0 radical (unpaired) electrons. The normalized spacial score (nSPS) is 10.9. The number of hydrogen-bond donors (Lipinski definition) is 2. The Balaban J connectivity index is 3.13. The highest BCUT2D eigenvalue weighted by atomic mass is 16.5. The minimum atomic E-state index is -0.0254. The van der Waals surface area contributed by atoms with E-state index in [2.05, 4.69) is 12.2 Å². The number of aliphatic hydroxyl groups excluding tert-OH is 1. The molecule has 2 N–H and O–H groups in total. The van der Waals surface area contributed by atoms with Gasteiger partial charge in [-0.3, -0.25) is 4.79 Å². The fourth-order valence-corrected chi connectivity index (χ4v) is 2.75. The number of unbranched alkanes of at least 4 members (excludes halogenated alkanes) is 11. The van der Waals surface area contributed by atoms with Crippen molar-refractivity contribution < 1.29 is 14.6 Å². The van der Waals surface area contributed by atoms with Gasteiger partial charge in [-0.1, -0.05) is 71.1 Å². The maximum absolute atomic E-state index is 11.6. The number of nitrogens with one attached hydrogen (secondary N) is 1. The van der Waals surface area contributed by atoms with Gasteiger partial charge in [0, 0.05) is 13.0 Å². The molecule has 0 spiro atoms. The number of ether oxygens (including phenoxy) is 1. The average molecular weight is 344 g/mol. The third kappa shape index (κ3) is 19.4. The first-order valence-electron chi connectivity index (χ1n) is 10.3.